The lowest BCUT2D eigenvalue weighted by molar-refractivity contribution is 0.899. The van der Waals surface area contributed by atoms with Crippen LogP contribution in [0.3, 0.4) is 0 Å². The lowest BCUT2D eigenvalue weighted by Gasteiger charge is -2.16. The van der Waals surface area contributed by atoms with Crippen LogP contribution in [0.2, 0.25) is 0 Å². The molecule has 0 saturated carbocycles. The van der Waals surface area contributed by atoms with Gasteiger partial charge in [-0.25, -0.2) is 14.5 Å². The summed E-state index contributed by atoms with van der Waals surface area (Å²) in [5, 5.41) is 24.0. The quantitative estimate of drug-likeness (QED) is 0.679. The molecule has 0 spiro atoms. The van der Waals surface area contributed by atoms with Crippen molar-refractivity contribution in [3.8, 4) is 6.07 Å². The predicted octanol–water partition coefficient (Wildman–Crippen LogP) is 2.70. The highest BCUT2D eigenvalue weighted by Gasteiger charge is 2.15. The van der Waals surface area contributed by atoms with Crippen molar-refractivity contribution in [3.63, 3.8) is 0 Å². The zero-order valence-electron chi connectivity index (χ0n) is 14.6. The van der Waals surface area contributed by atoms with E-state index in [9.17, 15) is 0 Å². The number of hydrogen-bond donors (Lipinski definition) is 2. The van der Waals surface area contributed by atoms with Gasteiger partial charge in [0.05, 0.1) is 6.20 Å². The number of nitrogens with zero attached hydrogens (tertiary/aromatic N) is 6. The molecule has 0 radical (unpaired) electrons. The largest absolute Gasteiger partial charge is 0.357 e. The number of pyridine rings is 1. The molecule has 1 aliphatic rings. The van der Waals surface area contributed by atoms with Gasteiger partial charge in [-0.3, -0.25) is 0 Å². The summed E-state index contributed by atoms with van der Waals surface area (Å²) in [6, 6.07) is 7.37. The molecule has 27 heavy (non-hydrogen) atoms. The molecule has 1 fully saturated rings. The van der Waals surface area contributed by atoms with Crippen LogP contribution in [0.4, 0.5) is 11.5 Å². The van der Waals surface area contributed by atoms with Crippen LogP contribution in [-0.4, -0.2) is 38.9 Å². The first-order chi connectivity index (χ1) is 13.3. The summed E-state index contributed by atoms with van der Waals surface area (Å²) in [4.78, 5) is 11.1. The molecule has 3 aromatic heterocycles. The fourth-order valence-electron chi connectivity index (χ4n) is 3.08. The second-order valence-electron chi connectivity index (χ2n) is 6.24. The Morgan fingerprint density at radius 2 is 2.07 bits per heavy atom. The van der Waals surface area contributed by atoms with Crippen molar-refractivity contribution in [3.05, 3.63) is 54.2 Å². The van der Waals surface area contributed by atoms with Crippen LogP contribution >= 0.6 is 0 Å². The van der Waals surface area contributed by atoms with E-state index in [4.69, 9.17) is 15.7 Å². The number of nitriles is 1. The molecule has 1 saturated heterocycles. The standard InChI is InChI=1S/C19H18N8/c20-9-15(14-3-4-16(10-21)22-11-14)12-23-17-13-24-27-8-5-18(25-19(17)27)26-6-1-2-7-26/h3-5,8-9,11-13,20,23H,1-2,6-7H2/b15-12+,20-9?. The molecule has 8 heteroatoms. The monoisotopic (exact) mass is 358 g/mol. The molecule has 3 aromatic rings. The lowest BCUT2D eigenvalue weighted by atomic mass is 10.1. The highest BCUT2D eigenvalue weighted by molar-refractivity contribution is 6.08. The fourth-order valence-corrected chi connectivity index (χ4v) is 3.08. The summed E-state index contributed by atoms with van der Waals surface area (Å²) < 4.78 is 1.73. The molecule has 4 heterocycles. The number of anilines is 2. The maximum Gasteiger partial charge on any atom is 0.180 e. The molecule has 2 N–H and O–H groups in total. The highest BCUT2D eigenvalue weighted by atomic mass is 15.3. The molecule has 0 aromatic carbocycles. The first-order valence-corrected chi connectivity index (χ1v) is 8.71. The summed E-state index contributed by atoms with van der Waals surface area (Å²) in [6.45, 7) is 2.06. The van der Waals surface area contributed by atoms with Crippen molar-refractivity contribution in [2.75, 3.05) is 23.3 Å². The molecule has 4 rings (SSSR count). The van der Waals surface area contributed by atoms with Crippen molar-refractivity contribution in [1.82, 2.24) is 19.6 Å². The highest BCUT2D eigenvalue weighted by Crippen LogP contribution is 2.22. The summed E-state index contributed by atoms with van der Waals surface area (Å²) in [6.07, 6.45) is 10.6. The first kappa shape index (κ1) is 16.7. The predicted molar refractivity (Wildman–Crippen MR) is 104 cm³/mol. The van der Waals surface area contributed by atoms with Crippen molar-refractivity contribution in [1.29, 1.82) is 10.7 Å². The van der Waals surface area contributed by atoms with Gasteiger partial charge in [0, 0.05) is 49.0 Å². The average molecular weight is 358 g/mol. The van der Waals surface area contributed by atoms with Gasteiger partial charge >= 0.3 is 0 Å². The Balaban J connectivity index is 1.61. The van der Waals surface area contributed by atoms with Gasteiger partial charge in [0.2, 0.25) is 0 Å². The molecule has 134 valence electrons. The van der Waals surface area contributed by atoms with Crippen LogP contribution in [0.1, 0.15) is 24.1 Å². The van der Waals surface area contributed by atoms with E-state index in [0.29, 0.717) is 11.3 Å². The van der Waals surface area contributed by atoms with E-state index in [1.807, 2.05) is 18.3 Å². The Morgan fingerprint density at radius 3 is 2.78 bits per heavy atom. The fraction of sp³-hybridized carbons (Fsp3) is 0.211. The van der Waals surface area contributed by atoms with Crippen molar-refractivity contribution in [2.24, 2.45) is 0 Å². The maximum atomic E-state index is 8.85. The summed E-state index contributed by atoms with van der Waals surface area (Å²) in [5.74, 6) is 0.955. The number of fused-ring (bicyclic) bond motifs is 1. The van der Waals surface area contributed by atoms with E-state index >= 15 is 0 Å². The summed E-state index contributed by atoms with van der Waals surface area (Å²) in [5.41, 5.74) is 3.23. The second-order valence-corrected chi connectivity index (χ2v) is 6.24. The second kappa shape index (κ2) is 7.25. The van der Waals surface area contributed by atoms with Crippen LogP contribution in [0.5, 0.6) is 0 Å². The zero-order chi connectivity index (χ0) is 18.6. The Hall–Kier alpha value is -3.73. The molecule has 0 bridgehead atoms. The SMILES string of the molecule is N#Cc1ccc(/C(C=N)=C/Nc2cnn3ccc(N4CCCC4)nc23)cn1. The lowest BCUT2D eigenvalue weighted by Crippen LogP contribution is -2.19. The van der Waals surface area contributed by atoms with E-state index in [2.05, 4.69) is 20.3 Å². The van der Waals surface area contributed by atoms with Gasteiger partial charge in [-0.05, 0) is 31.0 Å². The van der Waals surface area contributed by atoms with Gasteiger partial charge in [0.15, 0.2) is 5.65 Å². The molecule has 0 aliphatic carbocycles. The summed E-state index contributed by atoms with van der Waals surface area (Å²) >= 11 is 0. The zero-order valence-corrected chi connectivity index (χ0v) is 14.6. The topological polar surface area (TPSA) is 106 Å². The Morgan fingerprint density at radius 1 is 1.22 bits per heavy atom. The number of nitrogens with one attached hydrogen (secondary N) is 2. The normalized spacial score (nSPS) is 14.3. The van der Waals surface area contributed by atoms with Gasteiger partial charge in [-0.15, -0.1) is 0 Å². The van der Waals surface area contributed by atoms with Crippen LogP contribution < -0.4 is 10.2 Å². The minimum absolute atomic E-state index is 0.345. The Labute approximate surface area is 156 Å². The third-order valence-electron chi connectivity index (χ3n) is 4.53. The van der Waals surface area contributed by atoms with E-state index in [1.165, 1.54) is 19.1 Å². The molecule has 0 amide bonds. The minimum Gasteiger partial charge on any atom is -0.357 e. The average Bonchev–Trinajstić information content (AvgIpc) is 3.39. The molecular weight excluding hydrogens is 340 g/mol. The third kappa shape index (κ3) is 3.35. The van der Waals surface area contributed by atoms with E-state index in [1.54, 1.807) is 35.2 Å². The molecule has 8 nitrogen and oxygen atoms in total. The van der Waals surface area contributed by atoms with Gasteiger partial charge in [-0.2, -0.15) is 10.4 Å². The van der Waals surface area contributed by atoms with Crippen LogP contribution in [0.25, 0.3) is 11.2 Å². The van der Waals surface area contributed by atoms with Gasteiger partial charge in [0.25, 0.3) is 0 Å². The first-order valence-electron chi connectivity index (χ1n) is 8.71. The van der Waals surface area contributed by atoms with E-state index in [0.717, 1.165) is 35.8 Å². The third-order valence-corrected chi connectivity index (χ3v) is 4.53. The van der Waals surface area contributed by atoms with Gasteiger partial charge in [0.1, 0.15) is 23.3 Å². The molecular formula is C19H18N8. The molecule has 0 unspecified atom stereocenters. The Kier molecular flexibility index (Phi) is 4.49. The molecule has 1 aliphatic heterocycles. The summed E-state index contributed by atoms with van der Waals surface area (Å²) in [7, 11) is 0. The van der Waals surface area contributed by atoms with Crippen molar-refractivity contribution in [2.45, 2.75) is 12.8 Å². The van der Waals surface area contributed by atoms with E-state index < -0.39 is 0 Å². The molecule has 0 atom stereocenters. The minimum atomic E-state index is 0.345. The maximum absolute atomic E-state index is 8.85. The van der Waals surface area contributed by atoms with Gasteiger partial charge < -0.3 is 15.6 Å². The number of hydrogen-bond acceptors (Lipinski definition) is 7. The number of rotatable bonds is 5. The van der Waals surface area contributed by atoms with Gasteiger partial charge in [-0.1, -0.05) is 0 Å². The van der Waals surface area contributed by atoms with Crippen LogP contribution in [-0.2, 0) is 0 Å². The number of allylic oxidation sites excluding steroid dienone is 1. The van der Waals surface area contributed by atoms with Crippen molar-refractivity contribution < 1.29 is 0 Å². The number of aromatic nitrogens is 4. The van der Waals surface area contributed by atoms with E-state index in [-0.39, 0.29) is 0 Å². The smallest absolute Gasteiger partial charge is 0.180 e. The van der Waals surface area contributed by atoms with Crippen LogP contribution in [0.15, 0.2) is 43.0 Å². The van der Waals surface area contributed by atoms with Crippen LogP contribution in [0, 0.1) is 16.7 Å². The Bertz CT molecular complexity index is 1040. The van der Waals surface area contributed by atoms with Crippen molar-refractivity contribution >= 4 is 28.9 Å².